The van der Waals surface area contributed by atoms with Gasteiger partial charge in [0, 0.05) is 13.1 Å². The molecule has 1 saturated carbocycles. The molecule has 1 fully saturated rings. The number of hydrogen-bond donors (Lipinski definition) is 0. The van der Waals surface area contributed by atoms with Gasteiger partial charge in [0.1, 0.15) is 11.6 Å². The lowest BCUT2D eigenvalue weighted by Gasteiger charge is -2.31. The summed E-state index contributed by atoms with van der Waals surface area (Å²) in [6.45, 7) is 5.75. The largest absolute Gasteiger partial charge is 0.493 e. The summed E-state index contributed by atoms with van der Waals surface area (Å²) in [4.78, 5) is 10.4. The van der Waals surface area contributed by atoms with E-state index in [4.69, 9.17) is 4.74 Å². The highest BCUT2D eigenvalue weighted by atomic mass is 19.1. The highest BCUT2D eigenvalue weighted by Crippen LogP contribution is 2.30. The zero-order valence-corrected chi connectivity index (χ0v) is 14.9. The van der Waals surface area contributed by atoms with E-state index in [2.05, 4.69) is 22.1 Å². The van der Waals surface area contributed by atoms with Crippen LogP contribution in [0.15, 0.2) is 18.2 Å². The van der Waals surface area contributed by atoms with E-state index < -0.39 is 0 Å². The Balaban J connectivity index is 1.50. The van der Waals surface area contributed by atoms with Crippen LogP contribution in [0.2, 0.25) is 0 Å². The average molecular weight is 341 g/mol. The number of ether oxygens (including phenoxy) is 1. The molecule has 25 heavy (non-hydrogen) atoms. The summed E-state index contributed by atoms with van der Waals surface area (Å²) in [6, 6.07) is 6.29. The number of aromatic nitrogens is 2. The van der Waals surface area contributed by atoms with Crippen molar-refractivity contribution in [1.29, 1.82) is 0 Å². The molecule has 0 amide bonds. The molecule has 4 nitrogen and oxygen atoms in total. The van der Waals surface area contributed by atoms with Gasteiger partial charge in [0.25, 0.3) is 0 Å². The molecule has 132 valence electrons. The quantitative estimate of drug-likeness (QED) is 0.843. The van der Waals surface area contributed by atoms with E-state index >= 15 is 0 Å². The minimum absolute atomic E-state index is 0.311. The van der Waals surface area contributed by atoms with E-state index in [1.807, 2.05) is 11.0 Å². The van der Waals surface area contributed by atoms with E-state index in [9.17, 15) is 4.39 Å². The van der Waals surface area contributed by atoms with Gasteiger partial charge in [0.2, 0.25) is 0 Å². The Morgan fingerprint density at radius 3 is 2.80 bits per heavy atom. The molecule has 0 atom stereocenters. The maximum absolute atomic E-state index is 14.4. The first-order valence-corrected chi connectivity index (χ1v) is 9.10. The van der Waals surface area contributed by atoms with Gasteiger partial charge in [-0.3, -0.25) is 0 Å². The zero-order valence-electron chi connectivity index (χ0n) is 14.9. The first-order valence-electron chi connectivity index (χ1n) is 9.10. The van der Waals surface area contributed by atoms with Crippen LogP contribution in [0.4, 0.5) is 10.2 Å². The first kappa shape index (κ1) is 16.3. The number of halogens is 1. The lowest BCUT2D eigenvalue weighted by atomic mass is 9.86. The highest BCUT2D eigenvalue weighted by molar-refractivity contribution is 5.47. The molecule has 1 aromatic heterocycles. The second-order valence-corrected chi connectivity index (χ2v) is 7.20. The van der Waals surface area contributed by atoms with E-state index in [0.717, 1.165) is 31.2 Å². The number of nitrogens with zero attached hydrogens (tertiary/aromatic N) is 3. The van der Waals surface area contributed by atoms with Gasteiger partial charge in [-0.25, -0.2) is 14.4 Å². The second-order valence-electron chi connectivity index (χ2n) is 7.20. The van der Waals surface area contributed by atoms with Crippen molar-refractivity contribution in [1.82, 2.24) is 9.97 Å². The summed E-state index contributed by atoms with van der Waals surface area (Å²) in [5, 5.41) is 0. The molecule has 2 heterocycles. The minimum Gasteiger partial charge on any atom is -0.493 e. The van der Waals surface area contributed by atoms with Gasteiger partial charge in [-0.15, -0.1) is 0 Å². The van der Waals surface area contributed by atoms with Crippen molar-refractivity contribution in [3.8, 4) is 5.75 Å². The number of anilines is 1. The molecule has 2 aromatic rings. The number of fused-ring (bicyclic) bond motifs is 1. The highest BCUT2D eigenvalue weighted by Gasteiger charge is 2.23. The monoisotopic (exact) mass is 341 g/mol. The summed E-state index contributed by atoms with van der Waals surface area (Å²) < 4.78 is 20.4. The van der Waals surface area contributed by atoms with E-state index in [-0.39, 0.29) is 5.82 Å². The Morgan fingerprint density at radius 1 is 1.20 bits per heavy atom. The standard InChI is InChI=1S/C20H24FN3O/c1-13-19(21)20(23-14(2)22-13)24-9-8-16-10-18(7-6-17(16)11-24)25-12-15-4-3-5-15/h6-7,10,15H,3-5,8-9,11-12H2,1-2H3. The van der Waals surface area contributed by atoms with Gasteiger partial charge < -0.3 is 9.64 Å². The second kappa shape index (κ2) is 6.62. The molecule has 4 rings (SSSR count). The Bertz CT molecular complexity index is 789. The lowest BCUT2D eigenvalue weighted by molar-refractivity contribution is 0.180. The smallest absolute Gasteiger partial charge is 0.186 e. The third-order valence-corrected chi connectivity index (χ3v) is 5.31. The topological polar surface area (TPSA) is 38.2 Å². The molecule has 0 unspecified atom stereocenters. The predicted octanol–water partition coefficient (Wildman–Crippen LogP) is 3.97. The SMILES string of the molecule is Cc1nc(C)c(F)c(N2CCc3cc(OCC4CCC4)ccc3C2)n1. The molecule has 0 N–H and O–H groups in total. The predicted molar refractivity (Wildman–Crippen MR) is 95.5 cm³/mol. The zero-order chi connectivity index (χ0) is 17.4. The van der Waals surface area contributed by atoms with Gasteiger partial charge in [-0.05, 0) is 62.3 Å². The third kappa shape index (κ3) is 3.32. The Morgan fingerprint density at radius 2 is 2.04 bits per heavy atom. The fourth-order valence-corrected chi connectivity index (χ4v) is 3.56. The molecule has 2 aliphatic rings. The van der Waals surface area contributed by atoms with Crippen molar-refractivity contribution in [2.24, 2.45) is 5.92 Å². The van der Waals surface area contributed by atoms with Crippen LogP contribution in [0.25, 0.3) is 0 Å². The summed E-state index contributed by atoms with van der Waals surface area (Å²) in [5.74, 6) is 2.41. The first-order chi connectivity index (χ1) is 12.1. The molecule has 1 aliphatic heterocycles. The van der Waals surface area contributed by atoms with E-state index in [0.29, 0.717) is 23.9 Å². The number of rotatable bonds is 4. The molecule has 0 bridgehead atoms. The van der Waals surface area contributed by atoms with Crippen LogP contribution in [-0.2, 0) is 13.0 Å². The van der Waals surface area contributed by atoms with Crippen molar-refractivity contribution in [2.75, 3.05) is 18.1 Å². The summed E-state index contributed by atoms with van der Waals surface area (Å²) >= 11 is 0. The minimum atomic E-state index is -0.311. The van der Waals surface area contributed by atoms with Gasteiger partial charge in [0.05, 0.1) is 12.3 Å². The Kier molecular flexibility index (Phi) is 4.32. The van der Waals surface area contributed by atoms with Crippen LogP contribution in [-0.4, -0.2) is 23.1 Å². The van der Waals surface area contributed by atoms with Crippen molar-refractivity contribution >= 4 is 5.82 Å². The molecule has 5 heteroatoms. The van der Waals surface area contributed by atoms with Crippen molar-refractivity contribution in [3.63, 3.8) is 0 Å². The van der Waals surface area contributed by atoms with Crippen molar-refractivity contribution in [3.05, 3.63) is 46.7 Å². The molecular weight excluding hydrogens is 317 g/mol. The van der Waals surface area contributed by atoms with E-state index in [1.165, 1.54) is 30.4 Å². The fraction of sp³-hybridized carbons (Fsp3) is 0.500. The third-order valence-electron chi connectivity index (χ3n) is 5.31. The van der Waals surface area contributed by atoms with Gasteiger partial charge in [-0.2, -0.15) is 0 Å². The Labute approximate surface area is 148 Å². The number of hydrogen-bond acceptors (Lipinski definition) is 4. The lowest BCUT2D eigenvalue weighted by Crippen LogP contribution is -2.32. The van der Waals surface area contributed by atoms with Crippen molar-refractivity contribution in [2.45, 2.75) is 46.1 Å². The molecule has 1 aromatic carbocycles. The normalized spacial score (nSPS) is 17.2. The van der Waals surface area contributed by atoms with Gasteiger partial charge in [-0.1, -0.05) is 12.5 Å². The summed E-state index contributed by atoms with van der Waals surface area (Å²) in [5.41, 5.74) is 2.92. The maximum atomic E-state index is 14.4. The molecule has 1 aliphatic carbocycles. The Hall–Kier alpha value is -2.17. The number of aryl methyl sites for hydroxylation is 2. The van der Waals surface area contributed by atoms with Crippen LogP contribution in [0.5, 0.6) is 5.75 Å². The number of benzene rings is 1. The van der Waals surface area contributed by atoms with Crippen LogP contribution in [0.3, 0.4) is 0 Å². The van der Waals surface area contributed by atoms with Gasteiger partial charge in [0.15, 0.2) is 11.6 Å². The van der Waals surface area contributed by atoms with E-state index in [1.54, 1.807) is 13.8 Å². The van der Waals surface area contributed by atoms with Crippen LogP contribution in [0, 0.1) is 25.6 Å². The molecule has 0 radical (unpaired) electrons. The van der Waals surface area contributed by atoms with Gasteiger partial charge >= 0.3 is 0 Å². The van der Waals surface area contributed by atoms with Crippen molar-refractivity contribution < 1.29 is 9.13 Å². The van der Waals surface area contributed by atoms with Crippen LogP contribution >= 0.6 is 0 Å². The average Bonchev–Trinajstić information content (AvgIpc) is 2.56. The summed E-state index contributed by atoms with van der Waals surface area (Å²) in [6.07, 6.45) is 4.80. The van der Waals surface area contributed by atoms with Crippen LogP contribution < -0.4 is 9.64 Å². The maximum Gasteiger partial charge on any atom is 0.186 e. The summed E-state index contributed by atoms with van der Waals surface area (Å²) in [7, 11) is 0. The fourth-order valence-electron chi connectivity index (χ4n) is 3.56. The molecule has 0 spiro atoms. The van der Waals surface area contributed by atoms with Crippen LogP contribution in [0.1, 0.15) is 41.9 Å². The molecule has 0 saturated heterocycles. The molecular formula is C20H24FN3O.